The monoisotopic (exact) mass is 335 g/mol. The van der Waals surface area contributed by atoms with Crippen LogP contribution in [0.5, 0.6) is 0 Å². The van der Waals surface area contributed by atoms with Gasteiger partial charge in [-0.1, -0.05) is 35.6 Å². The summed E-state index contributed by atoms with van der Waals surface area (Å²) in [6.45, 7) is 2.97. The van der Waals surface area contributed by atoms with Crippen molar-refractivity contribution in [1.82, 2.24) is 19.6 Å². The van der Waals surface area contributed by atoms with Gasteiger partial charge in [-0.15, -0.1) is 5.10 Å². The van der Waals surface area contributed by atoms with E-state index >= 15 is 0 Å². The molecule has 6 heteroatoms. The first-order valence-corrected chi connectivity index (χ1v) is 8.54. The molecule has 0 saturated carbocycles. The average molecular weight is 335 g/mol. The number of pyridine rings is 1. The Kier molecular flexibility index (Phi) is 3.74. The van der Waals surface area contributed by atoms with Gasteiger partial charge in [-0.2, -0.15) is 0 Å². The first-order chi connectivity index (χ1) is 11.7. The van der Waals surface area contributed by atoms with Gasteiger partial charge in [0.05, 0.1) is 11.9 Å². The maximum absolute atomic E-state index is 4.66. The lowest BCUT2D eigenvalue weighted by atomic mass is 10.1. The van der Waals surface area contributed by atoms with Crippen LogP contribution in [0.15, 0.2) is 55.0 Å². The largest absolute Gasteiger partial charge is 0.345 e. The molecule has 5 nitrogen and oxygen atoms in total. The fourth-order valence-electron chi connectivity index (χ4n) is 2.61. The van der Waals surface area contributed by atoms with Crippen molar-refractivity contribution in [3.8, 4) is 11.3 Å². The van der Waals surface area contributed by atoms with Crippen LogP contribution in [0.25, 0.3) is 16.2 Å². The molecule has 0 bridgehead atoms. The van der Waals surface area contributed by atoms with Crippen molar-refractivity contribution < 1.29 is 0 Å². The van der Waals surface area contributed by atoms with Gasteiger partial charge in [-0.05, 0) is 30.2 Å². The molecular weight excluding hydrogens is 318 g/mol. The zero-order valence-corrected chi connectivity index (χ0v) is 14.4. The molecule has 4 aromatic rings. The number of imidazole rings is 1. The minimum Gasteiger partial charge on any atom is -0.345 e. The van der Waals surface area contributed by atoms with E-state index in [1.807, 2.05) is 29.0 Å². The van der Waals surface area contributed by atoms with Gasteiger partial charge in [-0.25, -0.2) is 9.50 Å². The third-order valence-electron chi connectivity index (χ3n) is 3.99. The van der Waals surface area contributed by atoms with E-state index in [-0.39, 0.29) is 0 Å². The SMILES string of the molecule is Cc1ccccc1CN(C)c1nn2cc(-c3cccnc3)nc2s1. The van der Waals surface area contributed by atoms with Gasteiger partial charge in [-0.3, -0.25) is 4.98 Å². The molecule has 0 amide bonds. The molecule has 0 radical (unpaired) electrons. The fraction of sp³-hybridized carbons (Fsp3) is 0.167. The summed E-state index contributed by atoms with van der Waals surface area (Å²) >= 11 is 1.59. The number of fused-ring (bicyclic) bond motifs is 1. The molecule has 0 fully saturated rings. The summed E-state index contributed by atoms with van der Waals surface area (Å²) < 4.78 is 1.84. The van der Waals surface area contributed by atoms with Crippen molar-refractivity contribution >= 4 is 21.4 Å². The van der Waals surface area contributed by atoms with Gasteiger partial charge in [0.15, 0.2) is 0 Å². The molecule has 1 aromatic carbocycles. The Balaban J connectivity index is 1.59. The van der Waals surface area contributed by atoms with Crippen LogP contribution < -0.4 is 4.90 Å². The van der Waals surface area contributed by atoms with Crippen molar-refractivity contribution in [2.24, 2.45) is 0 Å². The Morgan fingerprint density at radius 2 is 2.04 bits per heavy atom. The lowest BCUT2D eigenvalue weighted by Gasteiger charge is -2.16. The number of benzene rings is 1. The third kappa shape index (κ3) is 2.76. The van der Waals surface area contributed by atoms with Crippen LogP contribution in [-0.4, -0.2) is 26.6 Å². The normalized spacial score (nSPS) is 11.1. The summed E-state index contributed by atoms with van der Waals surface area (Å²) in [6.07, 6.45) is 5.53. The minimum atomic E-state index is 0.832. The Morgan fingerprint density at radius 1 is 1.17 bits per heavy atom. The van der Waals surface area contributed by atoms with E-state index in [1.165, 1.54) is 11.1 Å². The summed E-state index contributed by atoms with van der Waals surface area (Å²) in [5.41, 5.74) is 4.51. The molecule has 0 unspecified atom stereocenters. The Labute approximate surface area is 144 Å². The van der Waals surface area contributed by atoms with Crippen LogP contribution in [0, 0.1) is 6.92 Å². The molecule has 0 aliphatic carbocycles. The summed E-state index contributed by atoms with van der Waals surface area (Å²) in [5.74, 6) is 0. The maximum atomic E-state index is 4.66. The van der Waals surface area contributed by atoms with E-state index in [0.717, 1.165) is 27.9 Å². The van der Waals surface area contributed by atoms with Gasteiger partial charge in [0.2, 0.25) is 10.1 Å². The number of anilines is 1. The van der Waals surface area contributed by atoms with Gasteiger partial charge in [0, 0.05) is 31.5 Å². The van der Waals surface area contributed by atoms with Crippen molar-refractivity contribution in [2.45, 2.75) is 13.5 Å². The fourth-order valence-corrected chi connectivity index (χ4v) is 3.45. The van der Waals surface area contributed by atoms with Crippen LogP contribution in [0.3, 0.4) is 0 Å². The van der Waals surface area contributed by atoms with Crippen LogP contribution in [0.2, 0.25) is 0 Å². The molecule has 120 valence electrons. The first-order valence-electron chi connectivity index (χ1n) is 7.73. The van der Waals surface area contributed by atoms with Crippen molar-refractivity contribution in [3.63, 3.8) is 0 Å². The molecule has 0 saturated heterocycles. The highest BCUT2D eigenvalue weighted by Gasteiger charge is 2.13. The summed E-state index contributed by atoms with van der Waals surface area (Å²) in [4.78, 5) is 11.9. The second-order valence-electron chi connectivity index (χ2n) is 5.76. The highest BCUT2D eigenvalue weighted by atomic mass is 32.1. The first kappa shape index (κ1) is 14.8. The number of nitrogens with zero attached hydrogens (tertiary/aromatic N) is 5. The zero-order chi connectivity index (χ0) is 16.5. The topological polar surface area (TPSA) is 46.3 Å². The molecule has 0 aliphatic heterocycles. The smallest absolute Gasteiger partial charge is 0.214 e. The highest BCUT2D eigenvalue weighted by Crippen LogP contribution is 2.26. The van der Waals surface area contributed by atoms with Crippen LogP contribution >= 0.6 is 11.3 Å². The predicted molar refractivity (Wildman–Crippen MR) is 97.4 cm³/mol. The lowest BCUT2D eigenvalue weighted by molar-refractivity contribution is 0.866. The van der Waals surface area contributed by atoms with Crippen molar-refractivity contribution in [2.75, 3.05) is 11.9 Å². The molecule has 4 rings (SSSR count). The molecule has 3 aromatic heterocycles. The average Bonchev–Trinajstić information content (AvgIpc) is 3.17. The number of aromatic nitrogens is 4. The number of hydrogen-bond donors (Lipinski definition) is 0. The molecule has 0 spiro atoms. The van der Waals surface area contributed by atoms with Crippen LogP contribution in [-0.2, 0) is 6.54 Å². The summed E-state index contributed by atoms with van der Waals surface area (Å²) in [6, 6.07) is 12.4. The zero-order valence-electron chi connectivity index (χ0n) is 13.5. The van der Waals surface area contributed by atoms with Gasteiger partial charge < -0.3 is 4.90 Å². The molecule has 24 heavy (non-hydrogen) atoms. The van der Waals surface area contributed by atoms with Crippen LogP contribution in [0.1, 0.15) is 11.1 Å². The van der Waals surface area contributed by atoms with E-state index in [0.29, 0.717) is 0 Å². The summed E-state index contributed by atoms with van der Waals surface area (Å²) in [7, 11) is 2.06. The van der Waals surface area contributed by atoms with E-state index < -0.39 is 0 Å². The maximum Gasteiger partial charge on any atom is 0.214 e. The van der Waals surface area contributed by atoms with E-state index in [4.69, 9.17) is 0 Å². The molecule has 0 atom stereocenters. The van der Waals surface area contributed by atoms with E-state index in [1.54, 1.807) is 17.5 Å². The quantitative estimate of drug-likeness (QED) is 0.569. The lowest BCUT2D eigenvalue weighted by Crippen LogP contribution is -2.17. The minimum absolute atomic E-state index is 0.832. The predicted octanol–water partition coefficient (Wildman–Crippen LogP) is 3.80. The van der Waals surface area contributed by atoms with E-state index in [2.05, 4.69) is 58.2 Å². The molecule has 0 aliphatic rings. The number of aryl methyl sites for hydroxylation is 1. The number of hydrogen-bond acceptors (Lipinski definition) is 5. The Hall–Kier alpha value is -2.73. The summed E-state index contributed by atoms with van der Waals surface area (Å²) in [5, 5.41) is 5.62. The van der Waals surface area contributed by atoms with Crippen LogP contribution in [0.4, 0.5) is 5.13 Å². The standard InChI is InChI=1S/C18H17N5S/c1-13-6-3-4-7-15(13)11-22(2)18-21-23-12-16(20-17(23)24-18)14-8-5-9-19-10-14/h3-10,12H,11H2,1-2H3. The van der Waals surface area contributed by atoms with Gasteiger partial charge in [0.25, 0.3) is 0 Å². The second kappa shape index (κ2) is 6.05. The molecule has 3 heterocycles. The second-order valence-corrected chi connectivity index (χ2v) is 6.70. The third-order valence-corrected chi connectivity index (χ3v) is 5.02. The molecular formula is C18H17N5S. The highest BCUT2D eigenvalue weighted by molar-refractivity contribution is 7.20. The Bertz CT molecular complexity index is 942. The van der Waals surface area contributed by atoms with E-state index in [9.17, 15) is 0 Å². The number of rotatable bonds is 4. The van der Waals surface area contributed by atoms with Gasteiger partial charge >= 0.3 is 0 Å². The Morgan fingerprint density at radius 3 is 2.79 bits per heavy atom. The van der Waals surface area contributed by atoms with Crippen molar-refractivity contribution in [1.29, 1.82) is 0 Å². The molecule has 0 N–H and O–H groups in total. The van der Waals surface area contributed by atoms with Gasteiger partial charge in [0.1, 0.15) is 0 Å². The van der Waals surface area contributed by atoms with Crippen molar-refractivity contribution in [3.05, 3.63) is 66.1 Å².